The number of hydrogen-bond donors (Lipinski definition) is 2. The fourth-order valence-corrected chi connectivity index (χ4v) is 2.98. The number of nitrogens with one attached hydrogen (secondary N) is 1. The zero-order valence-corrected chi connectivity index (χ0v) is 12.4. The third kappa shape index (κ3) is 4.58. The van der Waals surface area contributed by atoms with Crippen LogP contribution in [0.25, 0.3) is 0 Å². The van der Waals surface area contributed by atoms with Gasteiger partial charge in [-0.1, -0.05) is 30.3 Å². The quantitative estimate of drug-likeness (QED) is 0.793. The standard InChI is InChI=1S/C13H22N2O3S/c1-11(2)15(3)19(17,18)14-13(9-10-16)12-7-5-4-6-8-12/h4-8,11,13-14,16H,9-10H2,1-3H3/t13-/m1/s1. The summed E-state index contributed by atoms with van der Waals surface area (Å²) in [7, 11) is -2.02. The molecule has 0 aliphatic carbocycles. The molecule has 2 N–H and O–H groups in total. The molecule has 0 spiro atoms. The molecule has 1 aromatic rings. The summed E-state index contributed by atoms with van der Waals surface area (Å²) in [5, 5.41) is 9.09. The molecule has 108 valence electrons. The predicted molar refractivity (Wildman–Crippen MR) is 75.8 cm³/mol. The molecule has 0 amide bonds. The zero-order valence-electron chi connectivity index (χ0n) is 11.6. The first kappa shape index (κ1) is 16.1. The molecule has 0 radical (unpaired) electrons. The minimum Gasteiger partial charge on any atom is -0.396 e. The van der Waals surface area contributed by atoms with E-state index < -0.39 is 16.3 Å². The van der Waals surface area contributed by atoms with Gasteiger partial charge in [0.25, 0.3) is 10.2 Å². The van der Waals surface area contributed by atoms with Gasteiger partial charge in [-0.3, -0.25) is 0 Å². The van der Waals surface area contributed by atoms with Crippen molar-refractivity contribution in [3.63, 3.8) is 0 Å². The van der Waals surface area contributed by atoms with E-state index in [0.29, 0.717) is 6.42 Å². The molecule has 0 fully saturated rings. The lowest BCUT2D eigenvalue weighted by Gasteiger charge is -2.25. The van der Waals surface area contributed by atoms with Crippen LogP contribution in [0.4, 0.5) is 0 Å². The average molecular weight is 286 g/mol. The maximum Gasteiger partial charge on any atom is 0.279 e. The molecule has 1 aromatic carbocycles. The maximum absolute atomic E-state index is 12.2. The van der Waals surface area contributed by atoms with Crippen molar-refractivity contribution < 1.29 is 13.5 Å². The highest BCUT2D eigenvalue weighted by molar-refractivity contribution is 7.87. The van der Waals surface area contributed by atoms with E-state index in [1.807, 2.05) is 44.2 Å². The number of nitrogens with zero attached hydrogens (tertiary/aromatic N) is 1. The lowest BCUT2D eigenvalue weighted by molar-refractivity contribution is 0.271. The van der Waals surface area contributed by atoms with Crippen molar-refractivity contribution in [3.8, 4) is 0 Å². The van der Waals surface area contributed by atoms with Gasteiger partial charge in [0.05, 0.1) is 6.04 Å². The van der Waals surface area contributed by atoms with Gasteiger partial charge in [-0.25, -0.2) is 0 Å². The largest absolute Gasteiger partial charge is 0.396 e. The number of hydrogen-bond acceptors (Lipinski definition) is 3. The van der Waals surface area contributed by atoms with Gasteiger partial charge in [0.2, 0.25) is 0 Å². The average Bonchev–Trinajstić information content (AvgIpc) is 2.38. The monoisotopic (exact) mass is 286 g/mol. The van der Waals surface area contributed by atoms with Crippen molar-refractivity contribution >= 4 is 10.2 Å². The Bertz CT molecular complexity index is 474. The number of benzene rings is 1. The summed E-state index contributed by atoms with van der Waals surface area (Å²) in [6.45, 7) is 3.54. The molecular formula is C13H22N2O3S. The first-order valence-electron chi connectivity index (χ1n) is 6.29. The normalized spacial score (nSPS) is 14.0. The van der Waals surface area contributed by atoms with Crippen molar-refractivity contribution in [2.24, 2.45) is 0 Å². The van der Waals surface area contributed by atoms with Crippen molar-refractivity contribution in [2.45, 2.75) is 32.4 Å². The SMILES string of the molecule is CC(C)N(C)S(=O)(=O)N[C@H](CCO)c1ccccc1. The number of rotatable bonds is 7. The minimum absolute atomic E-state index is 0.0759. The molecule has 6 heteroatoms. The molecule has 0 bridgehead atoms. The summed E-state index contributed by atoms with van der Waals surface area (Å²) in [4.78, 5) is 0. The van der Waals surface area contributed by atoms with Gasteiger partial charge < -0.3 is 5.11 Å². The summed E-state index contributed by atoms with van der Waals surface area (Å²) in [6, 6.07) is 8.71. The molecule has 0 saturated carbocycles. The Labute approximate surface area is 115 Å². The number of aliphatic hydroxyl groups is 1. The van der Waals surface area contributed by atoms with Crippen LogP contribution in [0.1, 0.15) is 31.9 Å². The van der Waals surface area contributed by atoms with Gasteiger partial charge in [0.15, 0.2) is 0 Å². The highest BCUT2D eigenvalue weighted by Crippen LogP contribution is 2.18. The summed E-state index contributed by atoms with van der Waals surface area (Å²) >= 11 is 0. The molecule has 0 aromatic heterocycles. The fourth-order valence-electron chi connectivity index (χ4n) is 1.65. The summed E-state index contributed by atoms with van der Waals surface area (Å²) < 4.78 is 28.2. The van der Waals surface area contributed by atoms with Crippen molar-refractivity contribution in [1.29, 1.82) is 0 Å². The Hall–Kier alpha value is -0.950. The van der Waals surface area contributed by atoms with Crippen LogP contribution in [-0.2, 0) is 10.2 Å². The summed E-state index contributed by atoms with van der Waals surface area (Å²) in [6.07, 6.45) is 0.342. The second kappa shape index (κ2) is 7.00. The Kier molecular flexibility index (Phi) is 5.93. The Morgan fingerprint density at radius 3 is 2.32 bits per heavy atom. The van der Waals surface area contributed by atoms with Gasteiger partial charge in [-0.15, -0.1) is 0 Å². The van der Waals surface area contributed by atoms with E-state index in [0.717, 1.165) is 5.56 Å². The van der Waals surface area contributed by atoms with Gasteiger partial charge in [-0.2, -0.15) is 17.4 Å². The first-order valence-corrected chi connectivity index (χ1v) is 7.73. The van der Waals surface area contributed by atoms with Crippen LogP contribution in [0.2, 0.25) is 0 Å². The highest BCUT2D eigenvalue weighted by Gasteiger charge is 2.24. The van der Waals surface area contributed by atoms with Gasteiger partial charge >= 0.3 is 0 Å². The van der Waals surface area contributed by atoms with E-state index in [1.165, 1.54) is 11.4 Å². The Morgan fingerprint density at radius 2 is 1.84 bits per heavy atom. The van der Waals surface area contributed by atoms with Gasteiger partial charge in [0.1, 0.15) is 0 Å². The molecule has 0 unspecified atom stereocenters. The second-order valence-electron chi connectivity index (χ2n) is 4.71. The lowest BCUT2D eigenvalue weighted by atomic mass is 10.1. The topological polar surface area (TPSA) is 69.6 Å². The number of aliphatic hydroxyl groups excluding tert-OH is 1. The van der Waals surface area contributed by atoms with Crippen molar-refractivity contribution in [3.05, 3.63) is 35.9 Å². The Morgan fingerprint density at radius 1 is 1.26 bits per heavy atom. The molecule has 0 heterocycles. The lowest BCUT2D eigenvalue weighted by Crippen LogP contribution is -2.43. The molecule has 1 rings (SSSR count). The minimum atomic E-state index is -3.56. The van der Waals surface area contributed by atoms with E-state index in [1.54, 1.807) is 0 Å². The molecule has 5 nitrogen and oxygen atoms in total. The van der Waals surface area contributed by atoms with Crippen LogP contribution in [-0.4, -0.2) is 37.5 Å². The van der Waals surface area contributed by atoms with Gasteiger partial charge in [-0.05, 0) is 25.8 Å². The van der Waals surface area contributed by atoms with E-state index in [9.17, 15) is 8.42 Å². The van der Waals surface area contributed by atoms with E-state index >= 15 is 0 Å². The Balaban J connectivity index is 2.91. The molecule has 0 saturated heterocycles. The molecule has 0 aliphatic heterocycles. The first-order chi connectivity index (χ1) is 8.88. The van der Waals surface area contributed by atoms with Crippen LogP contribution >= 0.6 is 0 Å². The van der Waals surface area contributed by atoms with E-state index in [4.69, 9.17) is 5.11 Å². The van der Waals surface area contributed by atoms with Crippen LogP contribution in [0.3, 0.4) is 0 Å². The van der Waals surface area contributed by atoms with Crippen LogP contribution in [0.15, 0.2) is 30.3 Å². The molecular weight excluding hydrogens is 264 g/mol. The molecule has 1 atom stereocenters. The summed E-state index contributed by atoms with van der Waals surface area (Å²) in [5.41, 5.74) is 0.845. The predicted octanol–water partition coefficient (Wildman–Crippen LogP) is 1.28. The van der Waals surface area contributed by atoms with Gasteiger partial charge in [0, 0.05) is 19.7 Å². The summed E-state index contributed by atoms with van der Waals surface area (Å²) in [5.74, 6) is 0. The van der Waals surface area contributed by atoms with Crippen molar-refractivity contribution in [1.82, 2.24) is 9.03 Å². The molecule has 0 aliphatic rings. The maximum atomic E-state index is 12.2. The third-order valence-corrected chi connectivity index (χ3v) is 4.78. The smallest absolute Gasteiger partial charge is 0.279 e. The van der Waals surface area contributed by atoms with Crippen LogP contribution in [0.5, 0.6) is 0 Å². The van der Waals surface area contributed by atoms with Crippen molar-refractivity contribution in [2.75, 3.05) is 13.7 Å². The van der Waals surface area contributed by atoms with E-state index in [-0.39, 0.29) is 12.6 Å². The third-order valence-electron chi connectivity index (χ3n) is 3.02. The zero-order chi connectivity index (χ0) is 14.5. The highest BCUT2D eigenvalue weighted by atomic mass is 32.2. The second-order valence-corrected chi connectivity index (χ2v) is 6.47. The van der Waals surface area contributed by atoms with Crippen LogP contribution < -0.4 is 4.72 Å². The molecule has 19 heavy (non-hydrogen) atoms. The van der Waals surface area contributed by atoms with E-state index in [2.05, 4.69) is 4.72 Å². The fraction of sp³-hybridized carbons (Fsp3) is 0.538. The van der Waals surface area contributed by atoms with Crippen LogP contribution in [0, 0.1) is 0 Å².